The van der Waals surface area contributed by atoms with E-state index in [1.807, 2.05) is 13.0 Å². The second kappa shape index (κ2) is 6.02. The number of rotatable bonds is 4. The van der Waals surface area contributed by atoms with Crippen molar-refractivity contribution in [1.29, 1.82) is 0 Å². The van der Waals surface area contributed by atoms with Gasteiger partial charge in [0.2, 0.25) is 0 Å². The Morgan fingerprint density at radius 2 is 2.32 bits per heavy atom. The summed E-state index contributed by atoms with van der Waals surface area (Å²) in [6, 6.07) is 5.55. The summed E-state index contributed by atoms with van der Waals surface area (Å²) in [5.74, 6) is 0. The summed E-state index contributed by atoms with van der Waals surface area (Å²) in [6.07, 6.45) is 2.30. The third-order valence-electron chi connectivity index (χ3n) is 3.77. The lowest BCUT2D eigenvalue weighted by molar-refractivity contribution is -0.384. The third kappa shape index (κ3) is 3.04. The van der Waals surface area contributed by atoms with Gasteiger partial charge in [-0.2, -0.15) is 0 Å². The molecule has 5 nitrogen and oxygen atoms in total. The highest BCUT2D eigenvalue weighted by Gasteiger charge is 2.22. The molecule has 1 fully saturated rings. The highest BCUT2D eigenvalue weighted by atomic mass is 16.6. The largest absolute Gasteiger partial charge is 0.367 e. The van der Waals surface area contributed by atoms with Crippen LogP contribution in [0.5, 0.6) is 0 Å². The van der Waals surface area contributed by atoms with E-state index in [0.717, 1.165) is 43.7 Å². The molecule has 1 aliphatic heterocycles. The lowest BCUT2D eigenvalue weighted by atomic mass is 10.0. The molecule has 2 rings (SSSR count). The van der Waals surface area contributed by atoms with Crippen molar-refractivity contribution in [3.05, 3.63) is 33.9 Å². The maximum atomic E-state index is 10.9. The lowest BCUT2D eigenvalue weighted by Crippen LogP contribution is -2.46. The molecule has 0 radical (unpaired) electrons. The zero-order chi connectivity index (χ0) is 13.8. The van der Waals surface area contributed by atoms with Gasteiger partial charge in [0, 0.05) is 37.0 Å². The number of non-ortho nitro benzene ring substituents is 1. The van der Waals surface area contributed by atoms with Crippen molar-refractivity contribution in [3.63, 3.8) is 0 Å². The Morgan fingerprint density at radius 3 is 2.89 bits per heavy atom. The molecule has 0 spiro atoms. The topological polar surface area (TPSA) is 58.4 Å². The molecular weight excluding hydrogens is 242 g/mol. The first-order chi connectivity index (χ1) is 9.13. The van der Waals surface area contributed by atoms with Crippen LogP contribution in [0.1, 0.15) is 25.3 Å². The van der Waals surface area contributed by atoms with Crippen molar-refractivity contribution in [2.45, 2.75) is 32.7 Å². The lowest BCUT2D eigenvalue weighted by Gasteiger charge is -2.36. The van der Waals surface area contributed by atoms with E-state index in [1.165, 1.54) is 0 Å². The summed E-state index contributed by atoms with van der Waals surface area (Å²) >= 11 is 0. The van der Waals surface area contributed by atoms with Crippen LogP contribution < -0.4 is 10.2 Å². The van der Waals surface area contributed by atoms with Gasteiger partial charge < -0.3 is 10.2 Å². The third-order valence-corrected chi connectivity index (χ3v) is 3.77. The Hall–Kier alpha value is -1.62. The zero-order valence-electron chi connectivity index (χ0n) is 11.6. The van der Waals surface area contributed by atoms with Crippen molar-refractivity contribution >= 4 is 11.4 Å². The molecule has 1 N–H and O–H groups in total. The van der Waals surface area contributed by atoms with Crippen LogP contribution in [0.4, 0.5) is 11.4 Å². The van der Waals surface area contributed by atoms with Crippen molar-refractivity contribution < 1.29 is 4.92 Å². The molecule has 19 heavy (non-hydrogen) atoms. The number of nitrogens with zero attached hydrogens (tertiary/aromatic N) is 2. The van der Waals surface area contributed by atoms with Gasteiger partial charge >= 0.3 is 0 Å². The predicted octanol–water partition coefficient (Wildman–Crippen LogP) is 2.48. The summed E-state index contributed by atoms with van der Waals surface area (Å²) in [7, 11) is 0. The molecule has 1 aromatic rings. The number of nitro benzene ring substituents is 1. The monoisotopic (exact) mass is 263 g/mol. The molecule has 1 atom stereocenters. The van der Waals surface area contributed by atoms with Gasteiger partial charge in [0.25, 0.3) is 5.69 Å². The van der Waals surface area contributed by atoms with Crippen LogP contribution in [0.2, 0.25) is 0 Å². The minimum absolute atomic E-state index is 0.169. The normalized spacial score (nSPS) is 19.2. The number of hydrogen-bond acceptors (Lipinski definition) is 4. The van der Waals surface area contributed by atoms with E-state index in [0.29, 0.717) is 6.04 Å². The molecule has 1 saturated heterocycles. The Kier molecular flexibility index (Phi) is 4.37. The van der Waals surface area contributed by atoms with E-state index in [2.05, 4.69) is 17.1 Å². The molecule has 5 heteroatoms. The van der Waals surface area contributed by atoms with Crippen molar-refractivity contribution in [1.82, 2.24) is 5.32 Å². The van der Waals surface area contributed by atoms with E-state index in [4.69, 9.17) is 0 Å². The average Bonchev–Trinajstić information content (AvgIpc) is 2.42. The Bertz CT molecular complexity index is 456. The first-order valence-corrected chi connectivity index (χ1v) is 6.86. The summed E-state index contributed by atoms with van der Waals surface area (Å²) in [5.41, 5.74) is 2.26. The smallest absolute Gasteiger partial charge is 0.271 e. The minimum Gasteiger partial charge on any atom is -0.367 e. The highest BCUT2D eigenvalue weighted by Crippen LogP contribution is 2.28. The molecule has 0 saturated carbocycles. The first-order valence-electron chi connectivity index (χ1n) is 6.86. The van der Waals surface area contributed by atoms with Gasteiger partial charge in [-0.15, -0.1) is 0 Å². The van der Waals surface area contributed by atoms with E-state index in [-0.39, 0.29) is 10.6 Å². The van der Waals surface area contributed by atoms with E-state index < -0.39 is 0 Å². The first kappa shape index (κ1) is 13.8. The molecule has 1 aromatic carbocycles. The second-order valence-electron chi connectivity index (χ2n) is 5.01. The van der Waals surface area contributed by atoms with Gasteiger partial charge in [0.15, 0.2) is 0 Å². The molecule has 104 valence electrons. The Balaban J connectivity index is 2.30. The maximum Gasteiger partial charge on any atom is 0.271 e. The Labute approximate surface area is 113 Å². The summed E-state index contributed by atoms with van der Waals surface area (Å²) < 4.78 is 0. The van der Waals surface area contributed by atoms with Gasteiger partial charge in [-0.25, -0.2) is 0 Å². The predicted molar refractivity (Wildman–Crippen MR) is 76.7 cm³/mol. The van der Waals surface area contributed by atoms with E-state index >= 15 is 0 Å². The second-order valence-corrected chi connectivity index (χ2v) is 5.01. The highest BCUT2D eigenvalue weighted by molar-refractivity contribution is 5.59. The van der Waals surface area contributed by atoms with Crippen molar-refractivity contribution in [2.24, 2.45) is 0 Å². The number of anilines is 1. The zero-order valence-corrected chi connectivity index (χ0v) is 11.6. The number of nitro groups is 1. The van der Waals surface area contributed by atoms with Gasteiger partial charge in [-0.3, -0.25) is 10.1 Å². The summed E-state index contributed by atoms with van der Waals surface area (Å²) in [4.78, 5) is 12.9. The molecule has 0 aromatic heterocycles. The van der Waals surface area contributed by atoms with E-state index in [9.17, 15) is 10.1 Å². The molecule has 0 aliphatic carbocycles. The van der Waals surface area contributed by atoms with Crippen LogP contribution in [0.15, 0.2) is 18.2 Å². The summed E-state index contributed by atoms with van der Waals surface area (Å²) in [6.45, 7) is 7.01. The average molecular weight is 263 g/mol. The van der Waals surface area contributed by atoms with Crippen LogP contribution in [0.25, 0.3) is 0 Å². The van der Waals surface area contributed by atoms with Gasteiger partial charge in [0.1, 0.15) is 0 Å². The maximum absolute atomic E-state index is 10.9. The van der Waals surface area contributed by atoms with Gasteiger partial charge in [-0.05, 0) is 38.8 Å². The SMILES string of the molecule is CCN(c1cc([N+](=O)[O-])ccc1C)C1CCCNC1. The number of nitrogens with one attached hydrogen (secondary N) is 1. The van der Waals surface area contributed by atoms with Crippen LogP contribution in [0.3, 0.4) is 0 Å². The number of benzene rings is 1. The van der Waals surface area contributed by atoms with Crippen LogP contribution >= 0.6 is 0 Å². The standard InChI is InChI=1S/C14H21N3O2/c1-3-16(13-5-4-8-15-10-13)14-9-12(17(18)19)7-6-11(14)2/h6-7,9,13,15H,3-5,8,10H2,1-2H3. The van der Waals surface area contributed by atoms with Gasteiger partial charge in [-0.1, -0.05) is 6.07 Å². The number of likely N-dealkylation sites (N-methyl/N-ethyl adjacent to an activating group) is 1. The molecule has 1 aliphatic rings. The van der Waals surface area contributed by atoms with E-state index in [1.54, 1.807) is 12.1 Å². The van der Waals surface area contributed by atoms with Crippen LogP contribution in [0, 0.1) is 17.0 Å². The quantitative estimate of drug-likeness (QED) is 0.669. The number of aryl methyl sites for hydroxylation is 1. The van der Waals surface area contributed by atoms with Crippen molar-refractivity contribution in [2.75, 3.05) is 24.5 Å². The number of hydrogen-bond donors (Lipinski definition) is 1. The number of piperidine rings is 1. The van der Waals surface area contributed by atoms with Gasteiger partial charge in [0.05, 0.1) is 4.92 Å². The fraction of sp³-hybridized carbons (Fsp3) is 0.571. The molecule has 1 heterocycles. The molecule has 1 unspecified atom stereocenters. The molecule has 0 bridgehead atoms. The molecule has 0 amide bonds. The summed E-state index contributed by atoms with van der Waals surface area (Å²) in [5, 5.41) is 14.3. The Morgan fingerprint density at radius 1 is 1.53 bits per heavy atom. The molecular formula is C14H21N3O2. The van der Waals surface area contributed by atoms with Crippen LogP contribution in [-0.2, 0) is 0 Å². The van der Waals surface area contributed by atoms with Crippen molar-refractivity contribution in [3.8, 4) is 0 Å². The fourth-order valence-corrected chi connectivity index (χ4v) is 2.75. The fourth-order valence-electron chi connectivity index (χ4n) is 2.75. The van der Waals surface area contributed by atoms with Crippen LogP contribution in [-0.4, -0.2) is 30.6 Å². The minimum atomic E-state index is -0.324.